The van der Waals surface area contributed by atoms with Gasteiger partial charge >= 0.3 is 18.2 Å². The fourth-order valence-electron chi connectivity index (χ4n) is 10.9. The van der Waals surface area contributed by atoms with Gasteiger partial charge in [-0.05, 0) is 142 Å². The fourth-order valence-corrected chi connectivity index (χ4v) is 12.1. The number of benzene rings is 1. The van der Waals surface area contributed by atoms with Gasteiger partial charge in [-0.1, -0.05) is 32.8 Å². The molecule has 12 heteroatoms. The Morgan fingerprint density at radius 1 is 0.941 bits per heavy atom. The number of alkyl halides is 5. The van der Waals surface area contributed by atoms with E-state index in [1.54, 1.807) is 0 Å². The first-order valence-corrected chi connectivity index (χ1v) is 20.9. The molecule has 2 saturated carbocycles. The molecule has 7 atom stereocenters. The molecule has 51 heavy (non-hydrogen) atoms. The average Bonchev–Trinajstić information content (AvgIpc) is 3.73. The summed E-state index contributed by atoms with van der Waals surface area (Å²) in [7, 11) is -1.44. The van der Waals surface area contributed by atoms with Gasteiger partial charge in [0.15, 0.2) is 0 Å². The lowest BCUT2D eigenvalue weighted by Crippen LogP contribution is -2.54. The lowest BCUT2D eigenvalue weighted by Gasteiger charge is -2.60. The summed E-state index contributed by atoms with van der Waals surface area (Å²) in [6.07, 6.45) is 4.40. The van der Waals surface area contributed by atoms with Crippen LogP contribution in [0.25, 0.3) is 0 Å². The number of carbonyl (C=O) groups excluding carboxylic acids is 1. The van der Waals surface area contributed by atoms with E-state index in [0.717, 1.165) is 77.3 Å². The highest BCUT2D eigenvalue weighted by Gasteiger charge is 2.62. The van der Waals surface area contributed by atoms with E-state index in [9.17, 15) is 36.1 Å². The lowest BCUT2D eigenvalue weighted by atomic mass is 9.44. The number of aliphatic hydroxyl groups excluding tert-OH is 1. The van der Waals surface area contributed by atoms with Crippen LogP contribution in [0, 0.1) is 22.7 Å². The number of carbonyl (C=O) groups is 1. The number of unbranched alkanes of at least 4 members (excludes halogenated alkanes) is 2. The molecule has 1 unspecified atom stereocenters. The minimum Gasteiger partial charge on any atom is -0.410 e. The summed E-state index contributed by atoms with van der Waals surface area (Å²) >= 11 is 0. The first kappa shape index (κ1) is 38.9. The molecular formula is C39H57F5N2O4S. The molecule has 0 bridgehead atoms. The van der Waals surface area contributed by atoms with Crippen molar-refractivity contribution in [3.8, 4) is 5.75 Å². The normalized spacial score (nSPS) is 32.4. The van der Waals surface area contributed by atoms with E-state index in [2.05, 4.69) is 30.9 Å². The first-order chi connectivity index (χ1) is 24.1. The monoisotopic (exact) mass is 744 g/mol. The summed E-state index contributed by atoms with van der Waals surface area (Å²) in [4.78, 5) is 17.7. The molecular weight excluding hydrogens is 687 g/mol. The molecule has 1 aromatic carbocycles. The van der Waals surface area contributed by atoms with Crippen molar-refractivity contribution in [2.24, 2.45) is 22.7 Å². The predicted octanol–water partition coefficient (Wildman–Crippen LogP) is 8.87. The quantitative estimate of drug-likeness (QED) is 0.171. The molecule has 288 valence electrons. The molecule has 5 aliphatic rings. The van der Waals surface area contributed by atoms with Gasteiger partial charge in [-0.25, -0.2) is 4.79 Å². The summed E-state index contributed by atoms with van der Waals surface area (Å²) < 4.78 is 82.2. The van der Waals surface area contributed by atoms with Crippen molar-refractivity contribution >= 4 is 16.9 Å². The van der Waals surface area contributed by atoms with Gasteiger partial charge in [0.1, 0.15) is 5.75 Å². The third kappa shape index (κ3) is 8.03. The van der Waals surface area contributed by atoms with Crippen LogP contribution in [0.15, 0.2) is 18.2 Å². The first-order valence-electron chi connectivity index (χ1n) is 19.4. The molecule has 4 fully saturated rings. The Labute approximate surface area is 302 Å². The number of aliphatic hydroxyl groups is 1. The van der Waals surface area contributed by atoms with Gasteiger partial charge in [0, 0.05) is 47.9 Å². The largest absolute Gasteiger partial charge is 0.453 e. The Kier molecular flexibility index (Phi) is 11.8. The highest BCUT2D eigenvalue weighted by Crippen LogP contribution is 2.69. The number of halogens is 5. The van der Waals surface area contributed by atoms with E-state index in [0.29, 0.717) is 54.8 Å². The number of fused-ring (bicyclic) bond motifs is 5. The van der Waals surface area contributed by atoms with Crippen LogP contribution in [0.5, 0.6) is 5.75 Å². The number of likely N-dealkylation sites (tertiary alicyclic amines) is 2. The van der Waals surface area contributed by atoms with Crippen LogP contribution in [0.3, 0.4) is 0 Å². The number of hydrogen-bond acceptors (Lipinski definition) is 5. The second-order valence-electron chi connectivity index (χ2n) is 16.7. The summed E-state index contributed by atoms with van der Waals surface area (Å²) in [5.41, 5.74) is 2.40. The minimum absolute atomic E-state index is 0.0259. The Balaban J connectivity index is 1.07. The number of ether oxygens (including phenoxy) is 1. The van der Waals surface area contributed by atoms with E-state index in [1.165, 1.54) is 24.0 Å². The van der Waals surface area contributed by atoms with Gasteiger partial charge in [0.05, 0.1) is 6.10 Å². The summed E-state index contributed by atoms with van der Waals surface area (Å²) in [6.45, 7) is 8.43. The molecule has 1 N–H and O–H groups in total. The Bertz CT molecular complexity index is 1400. The number of rotatable bonds is 12. The molecule has 0 radical (unpaired) electrons. The van der Waals surface area contributed by atoms with Gasteiger partial charge in [-0.2, -0.15) is 22.0 Å². The third-order valence-corrected chi connectivity index (χ3v) is 15.4. The molecule has 6 rings (SSSR count). The molecule has 0 aromatic heterocycles. The zero-order chi connectivity index (χ0) is 36.6. The van der Waals surface area contributed by atoms with Gasteiger partial charge in [0.2, 0.25) is 0 Å². The third-order valence-electron chi connectivity index (χ3n) is 13.9. The summed E-state index contributed by atoms with van der Waals surface area (Å²) in [6, 6.07) is 6.75. The molecule has 2 heterocycles. The van der Waals surface area contributed by atoms with E-state index < -0.39 is 35.7 Å². The van der Waals surface area contributed by atoms with Crippen LogP contribution in [0.2, 0.25) is 0 Å². The highest BCUT2D eigenvalue weighted by molar-refractivity contribution is 7.84. The molecule has 2 aliphatic heterocycles. The topological polar surface area (TPSA) is 70.1 Å². The van der Waals surface area contributed by atoms with Gasteiger partial charge in [-0.3, -0.25) is 4.21 Å². The molecule has 3 aliphatic carbocycles. The summed E-state index contributed by atoms with van der Waals surface area (Å²) in [5.74, 6) is -3.00. The second-order valence-corrected chi connectivity index (χ2v) is 18.4. The number of amides is 1. The molecule has 1 amide bonds. The Morgan fingerprint density at radius 3 is 2.35 bits per heavy atom. The minimum atomic E-state index is -5.58. The molecule has 0 spiro atoms. The highest BCUT2D eigenvalue weighted by atomic mass is 32.2. The van der Waals surface area contributed by atoms with Gasteiger partial charge in [0.25, 0.3) is 0 Å². The average molecular weight is 745 g/mol. The van der Waals surface area contributed by atoms with Crippen molar-refractivity contribution in [2.75, 3.05) is 37.7 Å². The van der Waals surface area contributed by atoms with Crippen LogP contribution in [-0.4, -0.2) is 87.1 Å². The van der Waals surface area contributed by atoms with Gasteiger partial charge < -0.3 is 19.6 Å². The van der Waals surface area contributed by atoms with E-state index >= 15 is 0 Å². The van der Waals surface area contributed by atoms with Crippen LogP contribution < -0.4 is 4.74 Å². The maximum Gasteiger partial charge on any atom is 0.453 e. The lowest BCUT2D eigenvalue weighted by molar-refractivity contribution is -0.284. The number of nitrogens with zero attached hydrogens (tertiary/aromatic N) is 2. The maximum absolute atomic E-state index is 13.3. The molecule has 1 aromatic rings. The van der Waals surface area contributed by atoms with Crippen molar-refractivity contribution in [3.63, 3.8) is 0 Å². The standard InChI is InChI=1S/C39H57F5N2O4S/c1-36-18-14-32-31-11-10-30(50-35(48)46-21-15-29(16-22-46)45-19-5-6-20-45)26-27(31)25-28(37(32,2)33(36)12-13-34(36)47)9-4-3-7-23-51(49)24-8-17-38(40,41)39(42,43)44/h10-11,26,28-29,32-34,47H,3-9,12-25H2,1-2H3/t28-,32-,33-,34+,36+,37-,51?/m1/s1. The Hall–Kier alpha value is -1.79. The zero-order valence-electron chi connectivity index (χ0n) is 30.3. The van der Waals surface area contributed by atoms with Crippen molar-refractivity contribution in [1.29, 1.82) is 0 Å². The number of hydrogen-bond donors (Lipinski definition) is 1. The van der Waals surface area contributed by atoms with Crippen molar-refractivity contribution in [2.45, 2.75) is 140 Å². The van der Waals surface area contributed by atoms with Crippen molar-refractivity contribution < 1.29 is 40.8 Å². The van der Waals surface area contributed by atoms with E-state index in [4.69, 9.17) is 4.74 Å². The molecule has 2 saturated heterocycles. The second kappa shape index (κ2) is 15.5. The van der Waals surface area contributed by atoms with Crippen molar-refractivity contribution in [1.82, 2.24) is 9.80 Å². The zero-order valence-corrected chi connectivity index (χ0v) is 31.1. The van der Waals surface area contributed by atoms with Crippen LogP contribution in [-0.2, 0) is 17.2 Å². The smallest absolute Gasteiger partial charge is 0.410 e. The SMILES string of the molecule is C[C@]12CC[C@@H]3c4ccc(OC(=O)N5CCC(N6CCCC6)CC5)cc4C[C@@H](CCCCCS(=O)CCCC(F)(F)C(F)(F)F)[C@@]3(C)[C@@H]1CC[C@@H]2O. The van der Waals surface area contributed by atoms with Crippen LogP contribution in [0.4, 0.5) is 26.7 Å². The van der Waals surface area contributed by atoms with E-state index in [1.807, 2.05) is 11.0 Å². The maximum atomic E-state index is 13.3. The molecule has 6 nitrogen and oxygen atoms in total. The van der Waals surface area contributed by atoms with Gasteiger partial charge in [-0.15, -0.1) is 0 Å². The fraction of sp³-hybridized carbons (Fsp3) is 0.821. The van der Waals surface area contributed by atoms with Crippen LogP contribution >= 0.6 is 0 Å². The predicted molar refractivity (Wildman–Crippen MR) is 189 cm³/mol. The summed E-state index contributed by atoms with van der Waals surface area (Å²) in [5, 5.41) is 11.1. The number of piperidine rings is 1. The van der Waals surface area contributed by atoms with Crippen molar-refractivity contribution in [3.05, 3.63) is 29.3 Å². The van der Waals surface area contributed by atoms with E-state index in [-0.39, 0.29) is 28.8 Å². The van der Waals surface area contributed by atoms with Crippen LogP contribution in [0.1, 0.15) is 121 Å². The Morgan fingerprint density at radius 2 is 1.65 bits per heavy atom.